The van der Waals surface area contributed by atoms with E-state index in [1.807, 2.05) is 4.90 Å². The zero-order valence-electron chi connectivity index (χ0n) is 17.9. The van der Waals surface area contributed by atoms with Gasteiger partial charge in [-0.3, -0.25) is 9.59 Å². The Morgan fingerprint density at radius 1 is 1.06 bits per heavy atom. The maximum Gasteiger partial charge on any atom is 0.243 e. The van der Waals surface area contributed by atoms with Crippen LogP contribution in [0.2, 0.25) is 0 Å². The molecule has 2 aliphatic rings. The third-order valence-electron chi connectivity index (χ3n) is 6.47. The second-order valence-electron chi connectivity index (χ2n) is 8.26. The van der Waals surface area contributed by atoms with E-state index >= 15 is 0 Å². The number of piperidine rings is 1. The average Bonchev–Trinajstić information content (AvgIpc) is 3.27. The van der Waals surface area contributed by atoms with E-state index in [2.05, 4.69) is 18.4 Å². The van der Waals surface area contributed by atoms with Crippen LogP contribution in [0.3, 0.4) is 0 Å². The zero-order chi connectivity index (χ0) is 22.2. The molecule has 0 spiro atoms. The largest absolute Gasteiger partial charge is 0.335 e. The fourth-order valence-electron chi connectivity index (χ4n) is 4.69. The highest BCUT2D eigenvalue weighted by Crippen LogP contribution is 2.37. The normalized spacial score (nSPS) is 20.5. The third-order valence-corrected chi connectivity index (χ3v) is 9.38. The van der Waals surface area contributed by atoms with Gasteiger partial charge in [-0.05, 0) is 61.7 Å². The number of hydrogen-bond donors (Lipinski definition) is 0. The first kappa shape index (κ1) is 22.2. The van der Waals surface area contributed by atoms with Crippen molar-refractivity contribution in [3.8, 4) is 0 Å². The summed E-state index contributed by atoms with van der Waals surface area (Å²) in [7, 11) is -3.63. The van der Waals surface area contributed by atoms with Crippen LogP contribution in [0.15, 0.2) is 40.6 Å². The molecule has 1 atom stereocenters. The van der Waals surface area contributed by atoms with Gasteiger partial charge in [0.25, 0.3) is 0 Å². The molecular weight excluding hydrogens is 432 g/mol. The van der Waals surface area contributed by atoms with E-state index in [0.717, 1.165) is 19.4 Å². The molecule has 0 N–H and O–H groups in total. The summed E-state index contributed by atoms with van der Waals surface area (Å²) in [5, 5.41) is 2.10. The highest BCUT2D eigenvalue weighted by atomic mass is 32.2. The lowest BCUT2D eigenvalue weighted by molar-refractivity contribution is -0.139. The average molecular weight is 461 g/mol. The number of thiophene rings is 1. The number of rotatable bonds is 5. The molecular formula is C23H28N2O4S2. The molecule has 166 valence electrons. The minimum absolute atomic E-state index is 0.0963. The molecule has 2 aromatic rings. The van der Waals surface area contributed by atoms with Gasteiger partial charge in [-0.25, -0.2) is 8.42 Å². The molecule has 0 radical (unpaired) electrons. The summed E-state index contributed by atoms with van der Waals surface area (Å²) in [6.07, 6.45) is 2.86. The molecule has 0 saturated carbocycles. The van der Waals surface area contributed by atoms with Gasteiger partial charge in [-0.15, -0.1) is 11.3 Å². The van der Waals surface area contributed by atoms with E-state index in [1.165, 1.54) is 33.8 Å². The summed E-state index contributed by atoms with van der Waals surface area (Å²) in [5.74, 6) is -0.0757. The van der Waals surface area contributed by atoms with Crippen molar-refractivity contribution < 1.29 is 18.0 Å². The van der Waals surface area contributed by atoms with E-state index < -0.39 is 10.0 Å². The van der Waals surface area contributed by atoms with Gasteiger partial charge in [0, 0.05) is 36.0 Å². The molecule has 4 rings (SSSR count). The summed E-state index contributed by atoms with van der Waals surface area (Å²) in [4.78, 5) is 28.3. The van der Waals surface area contributed by atoms with Crippen molar-refractivity contribution in [3.63, 3.8) is 0 Å². The molecule has 1 aromatic carbocycles. The van der Waals surface area contributed by atoms with Crippen molar-refractivity contribution in [1.29, 1.82) is 0 Å². The van der Waals surface area contributed by atoms with Crippen molar-refractivity contribution in [3.05, 3.63) is 51.7 Å². The molecule has 31 heavy (non-hydrogen) atoms. The van der Waals surface area contributed by atoms with Gasteiger partial charge >= 0.3 is 0 Å². The number of carbonyl (C=O) groups excluding carboxylic acids is 2. The maximum atomic E-state index is 13.3. The molecule has 3 heterocycles. The highest BCUT2D eigenvalue weighted by molar-refractivity contribution is 7.89. The van der Waals surface area contributed by atoms with Crippen LogP contribution in [0.5, 0.6) is 0 Å². The number of nitrogens with zero attached hydrogens (tertiary/aromatic N) is 2. The Labute approximate surface area is 187 Å². The molecule has 1 fully saturated rings. The topological polar surface area (TPSA) is 74.8 Å². The van der Waals surface area contributed by atoms with E-state index in [9.17, 15) is 18.0 Å². The Morgan fingerprint density at radius 2 is 1.74 bits per heavy atom. The maximum absolute atomic E-state index is 13.3. The standard InChI is InChI=1S/C23H28N2O4S2/c1-3-21-20-11-15-30-22(20)10-14-25(21)23(27)18-8-12-24(13-9-18)31(28,29)19-6-4-17(5-7-19)16(2)26/h4-7,11,15,18,21H,3,8-10,12-14H2,1-2H3/t21-/m1/s1. The SMILES string of the molecule is CC[C@@H]1c2ccsc2CCN1C(=O)C1CCN(S(=O)(=O)c2ccc(C(C)=O)cc2)CC1. The fraction of sp³-hybridized carbons (Fsp3) is 0.478. The van der Waals surface area contributed by atoms with Crippen LogP contribution < -0.4 is 0 Å². The van der Waals surface area contributed by atoms with E-state index in [0.29, 0.717) is 31.5 Å². The molecule has 6 nitrogen and oxygen atoms in total. The Bertz CT molecular complexity index is 1070. The monoisotopic (exact) mass is 460 g/mol. The van der Waals surface area contributed by atoms with Crippen LogP contribution in [0, 0.1) is 5.92 Å². The van der Waals surface area contributed by atoms with Crippen molar-refractivity contribution >= 4 is 33.1 Å². The predicted molar refractivity (Wildman–Crippen MR) is 121 cm³/mol. The minimum Gasteiger partial charge on any atom is -0.335 e. The predicted octanol–water partition coefficient (Wildman–Crippen LogP) is 3.89. The molecule has 1 saturated heterocycles. The smallest absolute Gasteiger partial charge is 0.243 e. The quantitative estimate of drug-likeness (QED) is 0.635. The molecule has 0 bridgehead atoms. The Kier molecular flexibility index (Phi) is 6.32. The summed E-state index contributed by atoms with van der Waals surface area (Å²) in [5.41, 5.74) is 1.77. The number of benzene rings is 1. The Hall–Kier alpha value is -2.03. The van der Waals surface area contributed by atoms with Crippen LogP contribution in [0.1, 0.15) is 60.0 Å². The number of fused-ring (bicyclic) bond motifs is 1. The van der Waals surface area contributed by atoms with Crippen LogP contribution in [-0.2, 0) is 21.2 Å². The van der Waals surface area contributed by atoms with Gasteiger partial charge in [0.2, 0.25) is 15.9 Å². The number of amides is 1. The van der Waals surface area contributed by atoms with Crippen LogP contribution >= 0.6 is 11.3 Å². The van der Waals surface area contributed by atoms with Crippen molar-refractivity contribution in [1.82, 2.24) is 9.21 Å². The van der Waals surface area contributed by atoms with E-state index in [-0.39, 0.29) is 28.5 Å². The van der Waals surface area contributed by atoms with Crippen LogP contribution in [-0.4, -0.2) is 48.9 Å². The summed E-state index contributed by atoms with van der Waals surface area (Å²) >= 11 is 1.77. The zero-order valence-corrected chi connectivity index (χ0v) is 19.5. The van der Waals surface area contributed by atoms with E-state index in [4.69, 9.17) is 0 Å². The molecule has 2 aliphatic heterocycles. The molecule has 1 amide bonds. The lowest BCUT2D eigenvalue weighted by atomic mass is 9.92. The number of carbonyl (C=O) groups is 2. The van der Waals surface area contributed by atoms with Crippen LogP contribution in [0.4, 0.5) is 0 Å². The van der Waals surface area contributed by atoms with Gasteiger partial charge in [0.1, 0.15) is 0 Å². The lowest BCUT2D eigenvalue weighted by Crippen LogP contribution is -2.47. The van der Waals surface area contributed by atoms with Crippen molar-refractivity contribution in [2.24, 2.45) is 5.92 Å². The number of Topliss-reactive ketones (excluding diaryl/α,β-unsaturated/α-hetero) is 1. The Morgan fingerprint density at radius 3 is 2.35 bits per heavy atom. The van der Waals surface area contributed by atoms with Crippen LogP contribution in [0.25, 0.3) is 0 Å². The summed E-state index contributed by atoms with van der Waals surface area (Å²) in [6.45, 7) is 4.98. The fourth-order valence-corrected chi connectivity index (χ4v) is 7.09. The number of ketones is 1. The first-order valence-corrected chi connectivity index (χ1v) is 13.1. The molecule has 1 aromatic heterocycles. The van der Waals surface area contributed by atoms with Gasteiger partial charge in [0.15, 0.2) is 5.78 Å². The minimum atomic E-state index is -3.63. The highest BCUT2D eigenvalue weighted by Gasteiger charge is 2.37. The van der Waals surface area contributed by atoms with Gasteiger partial charge in [0.05, 0.1) is 10.9 Å². The molecule has 8 heteroatoms. The van der Waals surface area contributed by atoms with E-state index in [1.54, 1.807) is 23.5 Å². The lowest BCUT2D eigenvalue weighted by Gasteiger charge is -2.39. The van der Waals surface area contributed by atoms with Crippen molar-refractivity contribution in [2.45, 2.75) is 50.5 Å². The molecule has 0 aliphatic carbocycles. The molecule has 0 unspecified atom stereocenters. The number of sulfonamides is 1. The Balaban J connectivity index is 1.42. The second kappa shape index (κ2) is 8.84. The summed E-state index contributed by atoms with van der Waals surface area (Å²) in [6, 6.07) is 8.34. The first-order chi connectivity index (χ1) is 14.8. The second-order valence-corrected chi connectivity index (χ2v) is 11.2. The van der Waals surface area contributed by atoms with Gasteiger partial charge in [-0.2, -0.15) is 4.31 Å². The first-order valence-electron chi connectivity index (χ1n) is 10.8. The summed E-state index contributed by atoms with van der Waals surface area (Å²) < 4.78 is 27.5. The number of hydrogen-bond acceptors (Lipinski definition) is 5. The van der Waals surface area contributed by atoms with Gasteiger partial charge < -0.3 is 4.90 Å². The van der Waals surface area contributed by atoms with Gasteiger partial charge in [-0.1, -0.05) is 19.1 Å². The third kappa shape index (κ3) is 4.21. The van der Waals surface area contributed by atoms with Crippen molar-refractivity contribution in [2.75, 3.05) is 19.6 Å².